The zero-order valence-corrected chi connectivity index (χ0v) is 11.1. The molecule has 0 saturated carbocycles. The van der Waals surface area contributed by atoms with Crippen molar-refractivity contribution in [2.75, 3.05) is 12.3 Å². The number of rotatable bonds is 5. The van der Waals surface area contributed by atoms with Gasteiger partial charge in [0.15, 0.2) is 5.78 Å². The molecule has 4 heteroatoms. The summed E-state index contributed by atoms with van der Waals surface area (Å²) in [5, 5.41) is 0.492. The fourth-order valence-electron chi connectivity index (χ4n) is 2.22. The molecule has 0 spiro atoms. The standard InChI is InChI=1S/C14H18ClNO2/c15-12-7-6-10(9-13(12)16)14(17)5-1-3-11-4-2-8-18-11/h6-7,9,11H,1-5,8,16H2. The number of hydrogen-bond acceptors (Lipinski definition) is 3. The quantitative estimate of drug-likeness (QED) is 0.657. The van der Waals surface area contributed by atoms with E-state index in [4.69, 9.17) is 22.1 Å². The predicted molar refractivity (Wildman–Crippen MR) is 73.0 cm³/mol. The first kappa shape index (κ1) is 13.4. The molecule has 0 aliphatic carbocycles. The van der Waals surface area contributed by atoms with Gasteiger partial charge in [0.1, 0.15) is 0 Å². The summed E-state index contributed by atoms with van der Waals surface area (Å²) < 4.78 is 5.53. The van der Waals surface area contributed by atoms with Gasteiger partial charge in [0.2, 0.25) is 0 Å². The molecule has 1 aromatic carbocycles. The Kier molecular flexibility index (Phi) is 4.61. The third kappa shape index (κ3) is 3.47. The molecule has 0 radical (unpaired) electrons. The van der Waals surface area contributed by atoms with Crippen LogP contribution >= 0.6 is 11.6 Å². The maximum Gasteiger partial charge on any atom is 0.162 e. The highest BCUT2D eigenvalue weighted by atomic mass is 35.5. The molecule has 1 aromatic rings. The van der Waals surface area contributed by atoms with Crippen LogP contribution in [0.15, 0.2) is 18.2 Å². The molecule has 3 nitrogen and oxygen atoms in total. The average molecular weight is 268 g/mol. The number of ether oxygens (including phenoxy) is 1. The number of anilines is 1. The smallest absolute Gasteiger partial charge is 0.162 e. The number of Topliss-reactive ketones (excluding diaryl/α,β-unsaturated/α-hetero) is 1. The minimum absolute atomic E-state index is 0.122. The summed E-state index contributed by atoms with van der Waals surface area (Å²) in [6, 6.07) is 5.05. The van der Waals surface area contributed by atoms with Crippen LogP contribution < -0.4 is 5.73 Å². The average Bonchev–Trinajstić information content (AvgIpc) is 2.85. The molecule has 1 aliphatic heterocycles. The molecule has 1 atom stereocenters. The molecule has 0 bridgehead atoms. The van der Waals surface area contributed by atoms with Gasteiger partial charge in [-0.2, -0.15) is 0 Å². The summed E-state index contributed by atoms with van der Waals surface area (Å²) >= 11 is 5.82. The van der Waals surface area contributed by atoms with Crippen molar-refractivity contribution in [1.29, 1.82) is 0 Å². The lowest BCUT2D eigenvalue weighted by Crippen LogP contribution is -2.06. The fraction of sp³-hybridized carbons (Fsp3) is 0.500. The molecule has 2 rings (SSSR count). The van der Waals surface area contributed by atoms with Crippen LogP contribution in [-0.4, -0.2) is 18.5 Å². The normalized spacial score (nSPS) is 19.1. The highest BCUT2D eigenvalue weighted by molar-refractivity contribution is 6.33. The maximum absolute atomic E-state index is 11.9. The van der Waals surface area contributed by atoms with E-state index in [0.717, 1.165) is 32.3 Å². The molecule has 98 valence electrons. The van der Waals surface area contributed by atoms with Crippen LogP contribution in [0.25, 0.3) is 0 Å². The lowest BCUT2D eigenvalue weighted by atomic mass is 10.0. The van der Waals surface area contributed by atoms with Crippen LogP contribution in [0.3, 0.4) is 0 Å². The summed E-state index contributed by atoms with van der Waals surface area (Å²) in [6.45, 7) is 0.867. The van der Waals surface area contributed by atoms with E-state index >= 15 is 0 Å². The topological polar surface area (TPSA) is 52.3 Å². The van der Waals surface area contributed by atoms with Crippen LogP contribution in [0.5, 0.6) is 0 Å². The minimum Gasteiger partial charge on any atom is -0.398 e. The van der Waals surface area contributed by atoms with Gasteiger partial charge in [-0.3, -0.25) is 4.79 Å². The summed E-state index contributed by atoms with van der Waals surface area (Å²) in [5.41, 5.74) is 6.79. The molecule has 1 fully saturated rings. The van der Waals surface area contributed by atoms with Gasteiger partial charge >= 0.3 is 0 Å². The van der Waals surface area contributed by atoms with Crippen molar-refractivity contribution in [2.45, 2.75) is 38.2 Å². The number of nitrogen functional groups attached to an aromatic ring is 1. The Morgan fingerprint density at radius 2 is 2.33 bits per heavy atom. The first-order valence-corrected chi connectivity index (χ1v) is 6.74. The Morgan fingerprint density at radius 1 is 1.50 bits per heavy atom. The lowest BCUT2D eigenvalue weighted by molar-refractivity contribution is 0.0923. The third-order valence-corrected chi connectivity index (χ3v) is 3.62. The van der Waals surface area contributed by atoms with Gasteiger partial charge in [-0.15, -0.1) is 0 Å². The van der Waals surface area contributed by atoms with E-state index in [-0.39, 0.29) is 5.78 Å². The Balaban J connectivity index is 1.81. The Hall–Kier alpha value is -1.06. The number of benzene rings is 1. The largest absolute Gasteiger partial charge is 0.398 e. The van der Waals surface area contributed by atoms with Crippen molar-refractivity contribution in [3.8, 4) is 0 Å². The zero-order valence-electron chi connectivity index (χ0n) is 10.3. The summed E-state index contributed by atoms with van der Waals surface area (Å²) in [5.74, 6) is 0.122. The van der Waals surface area contributed by atoms with Crippen molar-refractivity contribution in [2.24, 2.45) is 0 Å². The van der Waals surface area contributed by atoms with Gasteiger partial charge in [0, 0.05) is 18.6 Å². The van der Waals surface area contributed by atoms with Gasteiger partial charge in [0.05, 0.1) is 16.8 Å². The van der Waals surface area contributed by atoms with E-state index < -0.39 is 0 Å². The number of carbonyl (C=O) groups is 1. The molecule has 0 amide bonds. The zero-order chi connectivity index (χ0) is 13.0. The fourth-order valence-corrected chi connectivity index (χ4v) is 2.34. The molecule has 2 N–H and O–H groups in total. The van der Waals surface area contributed by atoms with E-state index in [9.17, 15) is 4.79 Å². The third-order valence-electron chi connectivity index (χ3n) is 3.27. The Morgan fingerprint density at radius 3 is 3.00 bits per heavy atom. The highest BCUT2D eigenvalue weighted by Crippen LogP contribution is 2.22. The van der Waals surface area contributed by atoms with Crippen molar-refractivity contribution in [3.63, 3.8) is 0 Å². The number of halogens is 1. The molecular weight excluding hydrogens is 250 g/mol. The second-order valence-electron chi connectivity index (χ2n) is 4.69. The number of hydrogen-bond donors (Lipinski definition) is 1. The van der Waals surface area contributed by atoms with Crippen LogP contribution in [0.1, 0.15) is 42.5 Å². The monoisotopic (exact) mass is 267 g/mol. The lowest BCUT2D eigenvalue weighted by Gasteiger charge is -2.08. The van der Waals surface area contributed by atoms with Crippen molar-refractivity contribution in [3.05, 3.63) is 28.8 Å². The maximum atomic E-state index is 11.9. The van der Waals surface area contributed by atoms with E-state index in [0.29, 0.717) is 28.8 Å². The van der Waals surface area contributed by atoms with Gasteiger partial charge in [-0.05, 0) is 43.9 Å². The van der Waals surface area contributed by atoms with Crippen LogP contribution in [0.4, 0.5) is 5.69 Å². The molecule has 1 saturated heterocycles. The first-order chi connectivity index (χ1) is 8.66. The number of ketones is 1. The molecule has 1 unspecified atom stereocenters. The molecular formula is C14H18ClNO2. The predicted octanol–water partition coefficient (Wildman–Crippen LogP) is 3.45. The van der Waals surface area contributed by atoms with Gasteiger partial charge in [0.25, 0.3) is 0 Å². The van der Waals surface area contributed by atoms with E-state index in [1.165, 1.54) is 0 Å². The van der Waals surface area contributed by atoms with Crippen LogP contribution in [-0.2, 0) is 4.74 Å². The first-order valence-electron chi connectivity index (χ1n) is 6.36. The van der Waals surface area contributed by atoms with Crippen LogP contribution in [0.2, 0.25) is 5.02 Å². The Labute approximate surface area is 112 Å². The molecule has 0 aromatic heterocycles. The summed E-state index contributed by atoms with van der Waals surface area (Å²) in [6.07, 6.45) is 5.00. The number of carbonyl (C=O) groups excluding carboxylic acids is 1. The van der Waals surface area contributed by atoms with Gasteiger partial charge in [-0.1, -0.05) is 11.6 Å². The van der Waals surface area contributed by atoms with E-state index in [2.05, 4.69) is 0 Å². The van der Waals surface area contributed by atoms with E-state index in [1.54, 1.807) is 18.2 Å². The van der Waals surface area contributed by atoms with E-state index in [1.807, 2.05) is 0 Å². The minimum atomic E-state index is 0.122. The van der Waals surface area contributed by atoms with Gasteiger partial charge < -0.3 is 10.5 Å². The van der Waals surface area contributed by atoms with Gasteiger partial charge in [-0.25, -0.2) is 0 Å². The van der Waals surface area contributed by atoms with Crippen molar-refractivity contribution >= 4 is 23.1 Å². The van der Waals surface area contributed by atoms with Crippen molar-refractivity contribution in [1.82, 2.24) is 0 Å². The molecule has 1 heterocycles. The molecule has 18 heavy (non-hydrogen) atoms. The SMILES string of the molecule is Nc1cc(C(=O)CCCC2CCCO2)ccc1Cl. The number of nitrogens with two attached hydrogens (primary N) is 1. The van der Waals surface area contributed by atoms with Crippen molar-refractivity contribution < 1.29 is 9.53 Å². The van der Waals surface area contributed by atoms with Crippen LogP contribution in [0, 0.1) is 0 Å². The highest BCUT2D eigenvalue weighted by Gasteiger charge is 2.16. The Bertz CT molecular complexity index is 428. The second kappa shape index (κ2) is 6.21. The summed E-state index contributed by atoms with van der Waals surface area (Å²) in [4.78, 5) is 11.9. The molecule has 1 aliphatic rings. The summed E-state index contributed by atoms with van der Waals surface area (Å²) in [7, 11) is 0. The second-order valence-corrected chi connectivity index (χ2v) is 5.09.